The van der Waals surface area contributed by atoms with E-state index >= 15 is 0 Å². The zero-order chi connectivity index (χ0) is 17.0. The number of ether oxygens (including phenoxy) is 2. The van der Waals surface area contributed by atoms with Crippen LogP contribution in [-0.4, -0.2) is 19.6 Å². The third-order valence-electron chi connectivity index (χ3n) is 3.25. The van der Waals surface area contributed by atoms with Gasteiger partial charge >= 0.3 is 0 Å². The lowest BCUT2D eigenvalue weighted by atomic mass is 10.2. The van der Waals surface area contributed by atoms with Crippen molar-refractivity contribution >= 4 is 34.8 Å². The number of halogens is 2. The molecule has 1 amide bonds. The zero-order valence-corrected chi connectivity index (χ0v) is 14.6. The van der Waals surface area contributed by atoms with Crippen molar-refractivity contribution < 1.29 is 14.3 Å². The topological polar surface area (TPSA) is 47.6 Å². The SMILES string of the molecule is COc1cc(Cl)c(C)cc1NC(=O)COc1ccc(Cl)c(C)c1. The predicted octanol–water partition coefficient (Wildman–Crippen LogP) is 4.64. The summed E-state index contributed by atoms with van der Waals surface area (Å²) < 4.78 is 10.7. The van der Waals surface area contributed by atoms with Gasteiger partial charge in [0.05, 0.1) is 12.8 Å². The molecule has 2 aromatic rings. The number of methoxy groups -OCH3 is 1. The van der Waals surface area contributed by atoms with E-state index < -0.39 is 0 Å². The lowest BCUT2D eigenvalue weighted by Gasteiger charge is -2.13. The van der Waals surface area contributed by atoms with Crippen molar-refractivity contribution in [3.8, 4) is 11.5 Å². The van der Waals surface area contributed by atoms with E-state index in [1.54, 1.807) is 30.3 Å². The van der Waals surface area contributed by atoms with E-state index in [9.17, 15) is 4.79 Å². The van der Waals surface area contributed by atoms with Gasteiger partial charge in [0.2, 0.25) is 0 Å². The number of hydrogen-bond acceptors (Lipinski definition) is 3. The Morgan fingerprint density at radius 1 is 1.09 bits per heavy atom. The summed E-state index contributed by atoms with van der Waals surface area (Å²) in [5, 5.41) is 3.98. The van der Waals surface area contributed by atoms with Crippen LogP contribution in [0.1, 0.15) is 11.1 Å². The fourth-order valence-corrected chi connectivity index (χ4v) is 2.24. The summed E-state index contributed by atoms with van der Waals surface area (Å²) in [6, 6.07) is 8.65. The lowest BCUT2D eigenvalue weighted by molar-refractivity contribution is -0.118. The minimum atomic E-state index is -0.294. The van der Waals surface area contributed by atoms with Gasteiger partial charge < -0.3 is 14.8 Å². The minimum Gasteiger partial charge on any atom is -0.495 e. The lowest BCUT2D eigenvalue weighted by Crippen LogP contribution is -2.20. The zero-order valence-electron chi connectivity index (χ0n) is 13.1. The number of amides is 1. The second-order valence-electron chi connectivity index (χ2n) is 5.05. The fraction of sp³-hybridized carbons (Fsp3) is 0.235. The molecule has 0 bridgehead atoms. The number of hydrogen-bond donors (Lipinski definition) is 1. The molecule has 0 unspecified atom stereocenters. The fourth-order valence-electron chi connectivity index (χ4n) is 1.97. The van der Waals surface area contributed by atoms with Crippen molar-refractivity contribution in [2.75, 3.05) is 19.0 Å². The van der Waals surface area contributed by atoms with Gasteiger partial charge in [-0.3, -0.25) is 4.79 Å². The molecule has 0 spiro atoms. The van der Waals surface area contributed by atoms with Crippen molar-refractivity contribution in [1.82, 2.24) is 0 Å². The Labute approximate surface area is 145 Å². The summed E-state index contributed by atoms with van der Waals surface area (Å²) in [5.74, 6) is 0.787. The van der Waals surface area contributed by atoms with E-state index in [0.717, 1.165) is 11.1 Å². The molecular weight excluding hydrogens is 337 g/mol. The Balaban J connectivity index is 2.02. The first-order chi connectivity index (χ1) is 10.9. The molecule has 0 atom stereocenters. The van der Waals surface area contributed by atoms with Crippen molar-refractivity contribution in [2.24, 2.45) is 0 Å². The van der Waals surface area contributed by atoms with Crippen LogP contribution in [0, 0.1) is 13.8 Å². The largest absolute Gasteiger partial charge is 0.495 e. The number of rotatable bonds is 5. The second-order valence-corrected chi connectivity index (χ2v) is 5.86. The quantitative estimate of drug-likeness (QED) is 0.851. The van der Waals surface area contributed by atoms with Crippen molar-refractivity contribution in [1.29, 1.82) is 0 Å². The molecule has 4 nitrogen and oxygen atoms in total. The van der Waals surface area contributed by atoms with Gasteiger partial charge in [0.15, 0.2) is 6.61 Å². The third-order valence-corrected chi connectivity index (χ3v) is 4.09. The molecule has 0 heterocycles. The maximum Gasteiger partial charge on any atom is 0.262 e. The molecule has 2 aromatic carbocycles. The number of carbonyl (C=O) groups excluding carboxylic acids is 1. The third kappa shape index (κ3) is 4.53. The number of anilines is 1. The van der Waals surface area contributed by atoms with Gasteiger partial charge in [0, 0.05) is 16.1 Å². The summed E-state index contributed by atoms with van der Waals surface area (Å²) in [4.78, 5) is 12.1. The van der Waals surface area contributed by atoms with E-state index in [0.29, 0.717) is 27.2 Å². The monoisotopic (exact) mass is 353 g/mol. The van der Waals surface area contributed by atoms with Gasteiger partial charge in [0.1, 0.15) is 11.5 Å². The summed E-state index contributed by atoms with van der Waals surface area (Å²) in [5.41, 5.74) is 2.28. The van der Waals surface area contributed by atoms with Gasteiger partial charge in [-0.1, -0.05) is 23.2 Å². The summed E-state index contributed by atoms with van der Waals surface area (Å²) >= 11 is 12.0. The Bertz CT molecular complexity index is 732. The van der Waals surface area contributed by atoms with Crippen LogP contribution in [0.5, 0.6) is 11.5 Å². The van der Waals surface area contributed by atoms with Crippen LogP contribution in [-0.2, 0) is 4.79 Å². The Morgan fingerprint density at radius 3 is 2.43 bits per heavy atom. The van der Waals surface area contributed by atoms with Gasteiger partial charge in [-0.15, -0.1) is 0 Å². The smallest absolute Gasteiger partial charge is 0.262 e. The Kier molecular flexibility index (Phi) is 5.74. The highest BCUT2D eigenvalue weighted by Gasteiger charge is 2.11. The minimum absolute atomic E-state index is 0.119. The average Bonchev–Trinajstić information content (AvgIpc) is 2.52. The highest BCUT2D eigenvalue weighted by Crippen LogP contribution is 2.31. The van der Waals surface area contributed by atoms with Crippen LogP contribution in [0.25, 0.3) is 0 Å². The number of aryl methyl sites for hydroxylation is 2. The van der Waals surface area contributed by atoms with Crippen LogP contribution in [0.15, 0.2) is 30.3 Å². The number of nitrogens with one attached hydrogen (secondary N) is 1. The summed E-state index contributed by atoms with van der Waals surface area (Å²) in [6.07, 6.45) is 0. The first kappa shape index (κ1) is 17.4. The van der Waals surface area contributed by atoms with Crippen molar-refractivity contribution in [3.05, 3.63) is 51.5 Å². The van der Waals surface area contributed by atoms with Crippen molar-refractivity contribution in [2.45, 2.75) is 13.8 Å². The second kappa shape index (κ2) is 7.57. The van der Waals surface area contributed by atoms with Crippen molar-refractivity contribution in [3.63, 3.8) is 0 Å². The molecule has 0 saturated heterocycles. The van der Waals surface area contributed by atoms with Crippen LogP contribution in [0.2, 0.25) is 10.0 Å². The molecule has 0 saturated carbocycles. The van der Waals surface area contributed by atoms with E-state index in [2.05, 4.69) is 5.32 Å². The molecule has 122 valence electrons. The average molecular weight is 354 g/mol. The maximum absolute atomic E-state index is 12.1. The molecule has 0 aliphatic rings. The summed E-state index contributed by atoms with van der Waals surface area (Å²) in [7, 11) is 1.52. The van der Waals surface area contributed by atoms with E-state index in [1.165, 1.54) is 7.11 Å². The van der Waals surface area contributed by atoms with E-state index in [4.69, 9.17) is 32.7 Å². The molecule has 0 aromatic heterocycles. The molecule has 0 fully saturated rings. The Morgan fingerprint density at radius 2 is 1.78 bits per heavy atom. The highest BCUT2D eigenvalue weighted by molar-refractivity contribution is 6.31. The normalized spacial score (nSPS) is 10.3. The molecule has 0 aliphatic carbocycles. The number of benzene rings is 2. The van der Waals surface area contributed by atoms with E-state index in [1.807, 2.05) is 13.8 Å². The van der Waals surface area contributed by atoms with Gasteiger partial charge in [0.25, 0.3) is 5.91 Å². The van der Waals surface area contributed by atoms with Crippen LogP contribution >= 0.6 is 23.2 Å². The molecule has 0 aliphatic heterocycles. The van der Waals surface area contributed by atoms with Gasteiger partial charge in [-0.25, -0.2) is 0 Å². The molecule has 23 heavy (non-hydrogen) atoms. The standard InChI is InChI=1S/C17H17Cl2NO3/c1-10-6-12(4-5-13(10)18)23-9-17(21)20-15-7-11(2)14(19)8-16(15)22-3/h4-8H,9H2,1-3H3,(H,20,21). The first-order valence-electron chi connectivity index (χ1n) is 6.93. The number of carbonyl (C=O) groups is 1. The Hall–Kier alpha value is -1.91. The van der Waals surface area contributed by atoms with Crippen LogP contribution in [0.3, 0.4) is 0 Å². The predicted molar refractivity (Wildman–Crippen MR) is 93.1 cm³/mol. The van der Waals surface area contributed by atoms with Gasteiger partial charge in [-0.2, -0.15) is 0 Å². The van der Waals surface area contributed by atoms with Crippen LogP contribution in [0.4, 0.5) is 5.69 Å². The molecule has 1 N–H and O–H groups in total. The van der Waals surface area contributed by atoms with Gasteiger partial charge in [-0.05, 0) is 49.2 Å². The van der Waals surface area contributed by atoms with E-state index in [-0.39, 0.29) is 12.5 Å². The molecule has 0 radical (unpaired) electrons. The first-order valence-corrected chi connectivity index (χ1v) is 7.69. The molecular formula is C17H17Cl2NO3. The summed E-state index contributed by atoms with van der Waals surface area (Å²) in [6.45, 7) is 3.60. The highest BCUT2D eigenvalue weighted by atomic mass is 35.5. The molecule has 6 heteroatoms. The van der Waals surface area contributed by atoms with Crippen LogP contribution < -0.4 is 14.8 Å². The maximum atomic E-state index is 12.1. The molecule has 2 rings (SSSR count).